The molecular weight excluding hydrogens is 154 g/mol. The van der Waals surface area contributed by atoms with Crippen molar-refractivity contribution in [2.45, 2.75) is 33.2 Å². The summed E-state index contributed by atoms with van der Waals surface area (Å²) in [4.78, 5) is 10.2. The zero-order valence-corrected chi connectivity index (χ0v) is 7.92. The molecule has 0 bridgehead atoms. The Hall–Kier alpha value is -0.830. The number of hydrogen-bond acceptors (Lipinski definition) is 2. The van der Waals surface area contributed by atoms with Crippen molar-refractivity contribution < 1.29 is 9.90 Å². The Morgan fingerprint density at radius 3 is 2.67 bits per heavy atom. The zero-order valence-electron chi connectivity index (χ0n) is 7.92. The van der Waals surface area contributed by atoms with Crippen LogP contribution < -0.4 is 5.32 Å². The Kier molecular flexibility index (Phi) is 5.37. The van der Waals surface area contributed by atoms with Gasteiger partial charge in [0, 0.05) is 18.7 Å². The molecule has 1 unspecified atom stereocenters. The first-order chi connectivity index (χ1) is 5.56. The molecule has 0 saturated heterocycles. The Labute approximate surface area is 73.5 Å². The molecule has 1 atom stereocenters. The molecule has 0 aromatic carbocycles. The molecule has 0 heterocycles. The van der Waals surface area contributed by atoms with Crippen molar-refractivity contribution in [3.05, 3.63) is 11.6 Å². The van der Waals surface area contributed by atoms with Gasteiger partial charge in [-0.3, -0.25) is 0 Å². The lowest BCUT2D eigenvalue weighted by molar-refractivity contribution is -0.131. The molecule has 3 heteroatoms. The third kappa shape index (κ3) is 5.92. The highest BCUT2D eigenvalue weighted by Gasteiger charge is 1.98. The molecule has 0 fully saturated rings. The van der Waals surface area contributed by atoms with Crippen LogP contribution in [0.2, 0.25) is 0 Å². The van der Waals surface area contributed by atoms with Crippen molar-refractivity contribution >= 4 is 5.97 Å². The summed E-state index contributed by atoms with van der Waals surface area (Å²) in [6.07, 6.45) is 2.29. The van der Waals surface area contributed by atoms with E-state index in [0.29, 0.717) is 12.6 Å². The van der Waals surface area contributed by atoms with E-state index in [1.165, 1.54) is 6.08 Å². The quantitative estimate of drug-likeness (QED) is 0.615. The molecular formula is C9H17NO2. The first kappa shape index (κ1) is 11.2. The molecule has 0 amide bonds. The van der Waals surface area contributed by atoms with Gasteiger partial charge in [-0.15, -0.1) is 0 Å². The molecule has 0 aliphatic carbocycles. The highest BCUT2D eigenvalue weighted by Crippen LogP contribution is 1.93. The molecule has 0 rings (SSSR count). The summed E-state index contributed by atoms with van der Waals surface area (Å²) in [6.45, 7) is 6.63. The molecule has 0 spiro atoms. The van der Waals surface area contributed by atoms with Crippen molar-refractivity contribution in [1.29, 1.82) is 0 Å². The summed E-state index contributed by atoms with van der Waals surface area (Å²) >= 11 is 0. The van der Waals surface area contributed by atoms with Crippen molar-refractivity contribution in [1.82, 2.24) is 5.32 Å². The van der Waals surface area contributed by atoms with Gasteiger partial charge < -0.3 is 10.4 Å². The number of carboxylic acids is 1. The van der Waals surface area contributed by atoms with E-state index in [1.54, 1.807) is 0 Å². The lowest BCUT2D eigenvalue weighted by atomic mass is 10.2. The second-order valence-corrected chi connectivity index (χ2v) is 3.02. The minimum atomic E-state index is -0.876. The molecule has 0 aliphatic rings. The van der Waals surface area contributed by atoms with Crippen LogP contribution in [0, 0.1) is 0 Å². The summed E-state index contributed by atoms with van der Waals surface area (Å²) in [5.74, 6) is -0.876. The van der Waals surface area contributed by atoms with Gasteiger partial charge in [-0.1, -0.05) is 12.5 Å². The van der Waals surface area contributed by atoms with Gasteiger partial charge in [0.15, 0.2) is 0 Å². The lowest BCUT2D eigenvalue weighted by Gasteiger charge is -2.10. The topological polar surface area (TPSA) is 49.3 Å². The second kappa shape index (κ2) is 5.77. The van der Waals surface area contributed by atoms with Crippen molar-refractivity contribution in [3.63, 3.8) is 0 Å². The molecule has 12 heavy (non-hydrogen) atoms. The number of rotatable bonds is 5. The Morgan fingerprint density at radius 2 is 2.25 bits per heavy atom. The average Bonchev–Trinajstić information content (AvgIpc) is 1.99. The highest BCUT2D eigenvalue weighted by molar-refractivity contribution is 5.80. The summed E-state index contributed by atoms with van der Waals surface area (Å²) in [7, 11) is 0. The monoisotopic (exact) mass is 171 g/mol. The van der Waals surface area contributed by atoms with Crippen LogP contribution in [0.25, 0.3) is 0 Å². The number of nitrogens with one attached hydrogen (secondary N) is 1. The zero-order chi connectivity index (χ0) is 9.56. The first-order valence-electron chi connectivity index (χ1n) is 4.19. The van der Waals surface area contributed by atoms with E-state index in [0.717, 1.165) is 12.0 Å². The van der Waals surface area contributed by atoms with Gasteiger partial charge in [0.1, 0.15) is 0 Å². The number of carbonyl (C=O) groups is 1. The second-order valence-electron chi connectivity index (χ2n) is 3.02. The van der Waals surface area contributed by atoms with E-state index in [2.05, 4.69) is 19.2 Å². The smallest absolute Gasteiger partial charge is 0.328 e. The van der Waals surface area contributed by atoms with Gasteiger partial charge in [0.25, 0.3) is 0 Å². The molecule has 0 aromatic heterocycles. The maximum absolute atomic E-state index is 10.2. The standard InChI is InChI=1S/C9H17NO2/c1-4-8(3)10-6-7(2)5-9(11)12/h5,8,10H,4,6H2,1-3H3,(H,11,12). The summed E-state index contributed by atoms with van der Waals surface area (Å²) < 4.78 is 0. The predicted molar refractivity (Wildman–Crippen MR) is 49.1 cm³/mol. The van der Waals surface area contributed by atoms with Crippen LogP contribution in [-0.4, -0.2) is 23.7 Å². The van der Waals surface area contributed by atoms with E-state index in [-0.39, 0.29) is 0 Å². The largest absolute Gasteiger partial charge is 0.478 e. The van der Waals surface area contributed by atoms with Gasteiger partial charge in [0.05, 0.1) is 0 Å². The van der Waals surface area contributed by atoms with Crippen molar-refractivity contribution in [3.8, 4) is 0 Å². The van der Waals surface area contributed by atoms with Gasteiger partial charge in [-0.05, 0) is 20.3 Å². The molecule has 0 aromatic rings. The van der Waals surface area contributed by atoms with Crippen LogP contribution in [0.5, 0.6) is 0 Å². The fraction of sp³-hybridized carbons (Fsp3) is 0.667. The van der Waals surface area contributed by atoms with Crippen LogP contribution >= 0.6 is 0 Å². The molecule has 0 saturated carbocycles. The van der Waals surface area contributed by atoms with Crippen LogP contribution in [-0.2, 0) is 4.79 Å². The Balaban J connectivity index is 3.70. The predicted octanol–water partition coefficient (Wildman–Crippen LogP) is 1.41. The number of carboxylic acid groups (broad SMARTS) is 1. The maximum Gasteiger partial charge on any atom is 0.328 e. The first-order valence-corrected chi connectivity index (χ1v) is 4.19. The van der Waals surface area contributed by atoms with Crippen LogP contribution in [0.15, 0.2) is 11.6 Å². The minimum absolute atomic E-state index is 0.446. The molecule has 2 N–H and O–H groups in total. The van der Waals surface area contributed by atoms with Gasteiger partial charge >= 0.3 is 5.97 Å². The molecule has 70 valence electrons. The molecule has 0 radical (unpaired) electrons. The average molecular weight is 171 g/mol. The van der Waals surface area contributed by atoms with Gasteiger partial charge in [-0.25, -0.2) is 4.79 Å². The minimum Gasteiger partial charge on any atom is -0.478 e. The van der Waals surface area contributed by atoms with Crippen LogP contribution in [0.4, 0.5) is 0 Å². The van der Waals surface area contributed by atoms with E-state index in [9.17, 15) is 4.79 Å². The summed E-state index contributed by atoms with van der Waals surface area (Å²) in [5, 5.41) is 11.6. The third-order valence-electron chi connectivity index (χ3n) is 1.71. The van der Waals surface area contributed by atoms with E-state index in [4.69, 9.17) is 5.11 Å². The van der Waals surface area contributed by atoms with Gasteiger partial charge in [0.2, 0.25) is 0 Å². The maximum atomic E-state index is 10.2. The van der Waals surface area contributed by atoms with E-state index < -0.39 is 5.97 Å². The Bertz CT molecular complexity index is 175. The number of aliphatic carboxylic acids is 1. The number of hydrogen-bond donors (Lipinski definition) is 2. The van der Waals surface area contributed by atoms with Crippen LogP contribution in [0.3, 0.4) is 0 Å². The summed E-state index contributed by atoms with van der Waals surface area (Å²) in [5.41, 5.74) is 0.850. The normalized spacial score (nSPS) is 14.4. The van der Waals surface area contributed by atoms with Crippen molar-refractivity contribution in [2.75, 3.05) is 6.54 Å². The third-order valence-corrected chi connectivity index (χ3v) is 1.71. The van der Waals surface area contributed by atoms with E-state index >= 15 is 0 Å². The molecule has 0 aliphatic heterocycles. The SMILES string of the molecule is CCC(C)NCC(C)=CC(=O)O. The van der Waals surface area contributed by atoms with Gasteiger partial charge in [-0.2, -0.15) is 0 Å². The highest BCUT2D eigenvalue weighted by atomic mass is 16.4. The van der Waals surface area contributed by atoms with E-state index in [1.807, 2.05) is 6.92 Å². The van der Waals surface area contributed by atoms with Crippen molar-refractivity contribution in [2.24, 2.45) is 0 Å². The fourth-order valence-electron chi connectivity index (χ4n) is 0.741. The summed E-state index contributed by atoms with van der Waals surface area (Å²) in [6, 6.07) is 0.446. The fourth-order valence-corrected chi connectivity index (χ4v) is 0.741. The Morgan fingerprint density at radius 1 is 1.67 bits per heavy atom. The lowest BCUT2D eigenvalue weighted by Crippen LogP contribution is -2.26. The molecule has 3 nitrogen and oxygen atoms in total. The van der Waals surface area contributed by atoms with Crippen LogP contribution in [0.1, 0.15) is 27.2 Å².